The van der Waals surface area contributed by atoms with Crippen molar-refractivity contribution in [3.8, 4) is 0 Å². The Morgan fingerprint density at radius 2 is 1.60 bits per heavy atom. The molecule has 0 unspecified atom stereocenters. The van der Waals surface area contributed by atoms with Crippen LogP contribution in [0.2, 0.25) is 0 Å². The molecule has 0 bridgehead atoms. The summed E-state index contributed by atoms with van der Waals surface area (Å²) >= 11 is 4.06. The molecule has 1 nitrogen and oxygen atoms in total. The van der Waals surface area contributed by atoms with Gasteiger partial charge in [0.05, 0.1) is 6.26 Å². The van der Waals surface area contributed by atoms with Crippen LogP contribution in [0.4, 0.5) is 0 Å². The van der Waals surface area contributed by atoms with Crippen LogP contribution in [-0.2, 0) is 12.8 Å². The third kappa shape index (κ3) is 3.19. The third-order valence-electron chi connectivity index (χ3n) is 5.09. The molecule has 0 saturated heterocycles. The molecule has 5 rings (SSSR count). The first kappa shape index (κ1) is 16.3. The summed E-state index contributed by atoms with van der Waals surface area (Å²) in [5.41, 5.74) is 3.17. The van der Waals surface area contributed by atoms with Crippen molar-refractivity contribution in [3.05, 3.63) is 77.7 Å². The van der Waals surface area contributed by atoms with E-state index in [1.54, 1.807) is 17.4 Å². The van der Waals surface area contributed by atoms with E-state index >= 15 is 0 Å². The molecule has 0 atom stereocenters. The number of rotatable bonds is 0. The molecule has 126 valence electrons. The predicted octanol–water partition coefficient (Wildman–Crippen LogP) is 6.75. The summed E-state index contributed by atoms with van der Waals surface area (Å²) in [7, 11) is 0. The van der Waals surface area contributed by atoms with Gasteiger partial charge in [-0.15, -0.1) is 12.6 Å². The molecule has 0 N–H and O–H groups in total. The van der Waals surface area contributed by atoms with Crippen molar-refractivity contribution in [2.75, 3.05) is 0 Å². The highest BCUT2D eigenvalue weighted by Gasteiger charge is 2.13. The Hall–Kier alpha value is -2.19. The van der Waals surface area contributed by atoms with Crippen molar-refractivity contribution in [1.82, 2.24) is 0 Å². The number of hydrogen-bond donors (Lipinski definition) is 1. The lowest BCUT2D eigenvalue weighted by atomic mass is 9.86. The van der Waals surface area contributed by atoms with Crippen molar-refractivity contribution in [2.24, 2.45) is 0 Å². The van der Waals surface area contributed by atoms with Crippen molar-refractivity contribution in [3.63, 3.8) is 0 Å². The Bertz CT molecular complexity index is 1010. The summed E-state index contributed by atoms with van der Waals surface area (Å²) in [6, 6.07) is 19.8. The molecule has 0 radical (unpaired) electrons. The van der Waals surface area contributed by atoms with Crippen molar-refractivity contribution < 1.29 is 4.42 Å². The van der Waals surface area contributed by atoms with E-state index in [9.17, 15) is 0 Å². The molecule has 1 aromatic heterocycles. The summed E-state index contributed by atoms with van der Waals surface area (Å²) in [6.07, 6.45) is 6.84. The van der Waals surface area contributed by atoms with Gasteiger partial charge in [0.1, 0.15) is 5.76 Å². The summed E-state index contributed by atoms with van der Waals surface area (Å²) in [6.45, 7) is 1.88. The normalized spacial score (nSPS) is 13.4. The highest BCUT2D eigenvalue weighted by atomic mass is 32.1. The van der Waals surface area contributed by atoms with Gasteiger partial charge in [-0.25, -0.2) is 0 Å². The summed E-state index contributed by atoms with van der Waals surface area (Å²) in [4.78, 5) is 0.917. The molecule has 1 aliphatic rings. The highest BCUT2D eigenvalue weighted by molar-refractivity contribution is 7.80. The smallest absolute Gasteiger partial charge is 0.113 e. The van der Waals surface area contributed by atoms with E-state index in [1.807, 2.05) is 13.0 Å². The Morgan fingerprint density at radius 3 is 2.36 bits per heavy atom. The van der Waals surface area contributed by atoms with Gasteiger partial charge in [0, 0.05) is 4.90 Å². The zero-order chi connectivity index (χ0) is 17.2. The maximum Gasteiger partial charge on any atom is 0.113 e. The van der Waals surface area contributed by atoms with Gasteiger partial charge in [-0.3, -0.25) is 0 Å². The van der Waals surface area contributed by atoms with Crippen LogP contribution in [0.1, 0.15) is 29.7 Å². The van der Waals surface area contributed by atoms with Crippen LogP contribution >= 0.6 is 12.6 Å². The molecule has 0 spiro atoms. The predicted molar refractivity (Wildman–Crippen MR) is 109 cm³/mol. The van der Waals surface area contributed by atoms with Gasteiger partial charge in [0.25, 0.3) is 0 Å². The lowest BCUT2D eigenvalue weighted by Crippen LogP contribution is -2.02. The number of thiol groups is 1. The minimum Gasteiger partial charge on any atom is -0.468 e. The fourth-order valence-corrected chi connectivity index (χ4v) is 3.83. The molecule has 1 heterocycles. The van der Waals surface area contributed by atoms with Gasteiger partial charge in [-0.1, -0.05) is 48.5 Å². The van der Waals surface area contributed by atoms with Crippen LogP contribution < -0.4 is 0 Å². The van der Waals surface area contributed by atoms with E-state index in [0.29, 0.717) is 0 Å². The van der Waals surface area contributed by atoms with Gasteiger partial charge in [-0.2, -0.15) is 0 Å². The van der Waals surface area contributed by atoms with E-state index in [-0.39, 0.29) is 0 Å². The largest absolute Gasteiger partial charge is 0.468 e. The maximum absolute atomic E-state index is 4.89. The maximum atomic E-state index is 4.89. The van der Waals surface area contributed by atoms with Crippen LogP contribution in [0.5, 0.6) is 0 Å². The fraction of sp³-hybridized carbons (Fsp3) is 0.217. The molecule has 2 heteroatoms. The Balaban J connectivity index is 0.000000190. The Morgan fingerprint density at radius 1 is 0.800 bits per heavy atom. The highest BCUT2D eigenvalue weighted by Crippen LogP contribution is 2.33. The number of benzene rings is 3. The third-order valence-corrected chi connectivity index (χ3v) is 5.55. The van der Waals surface area contributed by atoms with E-state index in [1.165, 1.54) is 47.2 Å². The SMILES string of the molecule is Cc1occc1S.c1ccc2c(c1)ccc1c3c(ccc12)CCCC3. The molecule has 1 aliphatic carbocycles. The molecule has 3 aromatic carbocycles. The van der Waals surface area contributed by atoms with Gasteiger partial charge in [-0.05, 0) is 71.3 Å². The van der Waals surface area contributed by atoms with Crippen LogP contribution in [0, 0.1) is 6.92 Å². The first-order chi connectivity index (χ1) is 12.2. The van der Waals surface area contributed by atoms with Gasteiger partial charge in [0.2, 0.25) is 0 Å². The molecule has 0 amide bonds. The topological polar surface area (TPSA) is 13.1 Å². The standard InChI is InChI=1S/C18H16.C5H6OS/c1-3-7-15-13(5-1)9-11-18-16-8-4-2-6-14(16)10-12-17(15)18;1-4-5(7)2-3-6-4/h1,3,5,7,9-12H,2,4,6,8H2;2-3,7H,1H3. The van der Waals surface area contributed by atoms with Crippen molar-refractivity contribution >= 4 is 34.2 Å². The summed E-state index contributed by atoms with van der Waals surface area (Å²) in [5, 5.41) is 5.64. The number of furan rings is 1. The van der Waals surface area contributed by atoms with E-state index in [4.69, 9.17) is 4.42 Å². The summed E-state index contributed by atoms with van der Waals surface area (Å²) in [5.74, 6) is 0.878. The van der Waals surface area contributed by atoms with Crippen LogP contribution in [-0.4, -0.2) is 0 Å². The van der Waals surface area contributed by atoms with E-state index in [2.05, 4.69) is 61.2 Å². The van der Waals surface area contributed by atoms with Crippen molar-refractivity contribution in [1.29, 1.82) is 0 Å². The summed E-state index contributed by atoms with van der Waals surface area (Å²) < 4.78 is 4.89. The quantitative estimate of drug-likeness (QED) is 0.274. The zero-order valence-corrected chi connectivity index (χ0v) is 15.4. The molecule has 0 saturated carbocycles. The second kappa shape index (κ2) is 6.97. The van der Waals surface area contributed by atoms with Gasteiger partial charge in [0.15, 0.2) is 0 Å². The molecule has 0 aliphatic heterocycles. The van der Waals surface area contributed by atoms with Crippen LogP contribution in [0.15, 0.2) is 70.2 Å². The molecular formula is C23H22OS. The van der Waals surface area contributed by atoms with Crippen molar-refractivity contribution in [2.45, 2.75) is 37.5 Å². The first-order valence-corrected chi connectivity index (χ1v) is 9.34. The van der Waals surface area contributed by atoms with Crippen LogP contribution in [0.3, 0.4) is 0 Å². The number of fused-ring (bicyclic) bond motifs is 5. The Kier molecular flexibility index (Phi) is 4.54. The van der Waals surface area contributed by atoms with Gasteiger partial charge < -0.3 is 4.42 Å². The van der Waals surface area contributed by atoms with E-state index < -0.39 is 0 Å². The fourth-order valence-electron chi connectivity index (χ4n) is 3.72. The second-order valence-corrected chi connectivity index (χ2v) is 7.14. The molecule has 25 heavy (non-hydrogen) atoms. The lowest BCUT2D eigenvalue weighted by molar-refractivity contribution is 0.527. The average molecular weight is 346 g/mol. The number of aryl methyl sites for hydroxylation is 3. The molecule has 0 fully saturated rings. The first-order valence-electron chi connectivity index (χ1n) is 8.89. The molecule has 4 aromatic rings. The van der Waals surface area contributed by atoms with Crippen LogP contribution in [0.25, 0.3) is 21.5 Å². The molecular weight excluding hydrogens is 324 g/mol. The lowest BCUT2D eigenvalue weighted by Gasteiger charge is -2.18. The zero-order valence-electron chi connectivity index (χ0n) is 14.5. The van der Waals surface area contributed by atoms with Gasteiger partial charge >= 0.3 is 0 Å². The minimum absolute atomic E-state index is 0.878. The monoisotopic (exact) mass is 346 g/mol. The van der Waals surface area contributed by atoms with E-state index in [0.717, 1.165) is 10.7 Å². The second-order valence-electron chi connectivity index (χ2n) is 6.65. The average Bonchev–Trinajstić information content (AvgIpc) is 3.04. The number of hydrogen-bond acceptors (Lipinski definition) is 2. The Labute approximate surface area is 154 Å². The minimum atomic E-state index is 0.878.